The summed E-state index contributed by atoms with van der Waals surface area (Å²) in [5.74, 6) is 0.00523. The average molecular weight is 424 g/mol. The summed E-state index contributed by atoms with van der Waals surface area (Å²) < 4.78 is 0. The number of aromatic nitrogens is 1. The zero-order valence-electron chi connectivity index (χ0n) is 18.3. The van der Waals surface area contributed by atoms with Gasteiger partial charge in [-0.15, -0.1) is 11.3 Å². The van der Waals surface area contributed by atoms with Crippen LogP contribution in [0.15, 0.2) is 41.8 Å². The van der Waals surface area contributed by atoms with Crippen LogP contribution in [0.25, 0.3) is 10.6 Å². The number of hydrogen-bond acceptors (Lipinski definition) is 5. The molecule has 0 aliphatic carbocycles. The minimum absolute atomic E-state index is 0.270. The lowest BCUT2D eigenvalue weighted by Gasteiger charge is -2.28. The van der Waals surface area contributed by atoms with E-state index in [0.717, 1.165) is 21.7 Å². The molecule has 1 amide bonds. The van der Waals surface area contributed by atoms with Crippen LogP contribution in [-0.2, 0) is 10.8 Å². The molecule has 0 aliphatic heterocycles. The Morgan fingerprint density at radius 1 is 1.00 bits per heavy atom. The van der Waals surface area contributed by atoms with Gasteiger partial charge >= 0.3 is 0 Å². The number of phenols is 1. The van der Waals surface area contributed by atoms with Gasteiger partial charge in [0, 0.05) is 33.4 Å². The minimum atomic E-state index is -0.279. The Bertz CT molecular complexity index is 1040. The van der Waals surface area contributed by atoms with E-state index in [0.29, 0.717) is 17.1 Å². The lowest BCUT2D eigenvalue weighted by Crippen LogP contribution is -2.19. The fourth-order valence-corrected chi connectivity index (χ4v) is 3.99. The summed E-state index contributed by atoms with van der Waals surface area (Å²) in [6, 6.07) is 11.1. The molecule has 1 heterocycles. The Balaban J connectivity index is 1.92. The van der Waals surface area contributed by atoms with Crippen molar-refractivity contribution in [2.45, 2.75) is 52.4 Å². The van der Waals surface area contributed by atoms with E-state index in [1.165, 1.54) is 11.3 Å². The number of aromatic hydroxyl groups is 1. The van der Waals surface area contributed by atoms with Gasteiger partial charge in [-0.2, -0.15) is 0 Å². The first kappa shape index (κ1) is 21.8. The highest BCUT2D eigenvalue weighted by Gasteiger charge is 2.27. The molecule has 158 valence electrons. The summed E-state index contributed by atoms with van der Waals surface area (Å²) in [5, 5.41) is 16.3. The van der Waals surface area contributed by atoms with Crippen molar-refractivity contribution >= 4 is 28.6 Å². The molecule has 0 atom stereocenters. The molecule has 0 bridgehead atoms. The fraction of sp³-hybridized carbons (Fsp3) is 0.333. The zero-order valence-corrected chi connectivity index (χ0v) is 19.1. The third-order valence-corrected chi connectivity index (χ3v) is 5.77. The topological polar surface area (TPSA) is 88.2 Å². The number of nitrogens with two attached hydrogens (primary N) is 1. The zero-order chi connectivity index (χ0) is 22.3. The number of phenolic OH excluding ortho intramolecular Hbond substituents is 1. The maximum atomic E-state index is 12.9. The number of thiazole rings is 1. The van der Waals surface area contributed by atoms with Gasteiger partial charge in [0.05, 0.1) is 0 Å². The van der Waals surface area contributed by atoms with Crippen LogP contribution in [-0.4, -0.2) is 16.0 Å². The van der Waals surface area contributed by atoms with Gasteiger partial charge in [-0.3, -0.25) is 4.79 Å². The molecular weight excluding hydrogens is 394 g/mol. The van der Waals surface area contributed by atoms with Gasteiger partial charge < -0.3 is 16.2 Å². The second-order valence-electron chi connectivity index (χ2n) is 9.53. The standard InChI is InChI=1S/C24H29N3O2S/c1-23(2,3)17-11-16(12-18(20(17)28)24(4,5)6)26-21(29)19-13-30-22(27-19)14-7-9-15(25)10-8-14/h7-13,28H,25H2,1-6H3,(H,26,29). The van der Waals surface area contributed by atoms with Gasteiger partial charge in [0.2, 0.25) is 0 Å². The fourth-order valence-electron chi connectivity index (χ4n) is 3.18. The quantitative estimate of drug-likeness (QED) is 0.359. The second-order valence-corrected chi connectivity index (χ2v) is 10.4. The summed E-state index contributed by atoms with van der Waals surface area (Å²) in [5.41, 5.74) is 9.40. The van der Waals surface area contributed by atoms with Crippen LogP contribution in [0.5, 0.6) is 5.75 Å². The summed E-state index contributed by atoms with van der Waals surface area (Å²) in [7, 11) is 0. The maximum absolute atomic E-state index is 12.9. The molecule has 3 aromatic rings. The van der Waals surface area contributed by atoms with Crippen LogP contribution in [0.2, 0.25) is 0 Å². The Kier molecular flexibility index (Phi) is 5.65. The van der Waals surface area contributed by atoms with Gasteiger partial charge in [-0.1, -0.05) is 41.5 Å². The monoisotopic (exact) mass is 423 g/mol. The molecule has 0 unspecified atom stereocenters. The lowest BCUT2D eigenvalue weighted by atomic mass is 9.79. The third-order valence-electron chi connectivity index (χ3n) is 4.88. The van der Waals surface area contributed by atoms with E-state index in [1.54, 1.807) is 5.38 Å². The predicted molar refractivity (Wildman–Crippen MR) is 125 cm³/mol. The SMILES string of the molecule is CC(C)(C)c1cc(NC(=O)c2csc(-c3ccc(N)cc3)n2)cc(C(C)(C)C)c1O. The van der Waals surface area contributed by atoms with Gasteiger partial charge in [0.25, 0.3) is 5.91 Å². The molecule has 0 saturated carbocycles. The first-order valence-electron chi connectivity index (χ1n) is 9.87. The molecule has 3 rings (SSSR count). The van der Waals surface area contributed by atoms with Gasteiger partial charge in [-0.25, -0.2) is 4.98 Å². The molecule has 0 fully saturated rings. The first-order valence-corrected chi connectivity index (χ1v) is 10.7. The Labute approximate surface area is 182 Å². The lowest BCUT2D eigenvalue weighted by molar-refractivity contribution is 0.102. The van der Waals surface area contributed by atoms with E-state index in [4.69, 9.17) is 5.73 Å². The van der Waals surface area contributed by atoms with Crippen LogP contribution in [0.3, 0.4) is 0 Å². The number of nitrogen functional groups attached to an aromatic ring is 1. The van der Waals surface area contributed by atoms with E-state index >= 15 is 0 Å². The Morgan fingerprint density at radius 3 is 2.03 bits per heavy atom. The van der Waals surface area contributed by atoms with Crippen molar-refractivity contribution in [3.05, 3.63) is 58.6 Å². The maximum Gasteiger partial charge on any atom is 0.275 e. The second kappa shape index (κ2) is 7.76. The van der Waals surface area contributed by atoms with Crippen LogP contribution >= 0.6 is 11.3 Å². The van der Waals surface area contributed by atoms with Crippen molar-refractivity contribution in [1.29, 1.82) is 0 Å². The van der Waals surface area contributed by atoms with Crippen molar-refractivity contribution in [2.24, 2.45) is 0 Å². The number of hydrogen-bond donors (Lipinski definition) is 3. The van der Waals surface area contributed by atoms with Crippen molar-refractivity contribution < 1.29 is 9.90 Å². The summed E-state index contributed by atoms with van der Waals surface area (Å²) in [6.45, 7) is 12.2. The predicted octanol–water partition coefficient (Wildman–Crippen LogP) is 5.95. The van der Waals surface area contributed by atoms with E-state index in [2.05, 4.69) is 10.3 Å². The van der Waals surface area contributed by atoms with Crippen LogP contribution < -0.4 is 11.1 Å². The number of rotatable bonds is 3. The van der Waals surface area contributed by atoms with Crippen molar-refractivity contribution in [3.63, 3.8) is 0 Å². The van der Waals surface area contributed by atoms with Crippen molar-refractivity contribution in [1.82, 2.24) is 4.98 Å². The molecule has 5 nitrogen and oxygen atoms in total. The molecule has 4 N–H and O–H groups in total. The molecule has 6 heteroatoms. The van der Waals surface area contributed by atoms with E-state index < -0.39 is 0 Å². The third kappa shape index (κ3) is 4.65. The number of nitrogens with one attached hydrogen (secondary N) is 1. The highest BCUT2D eigenvalue weighted by molar-refractivity contribution is 7.13. The largest absolute Gasteiger partial charge is 0.507 e. The van der Waals surface area contributed by atoms with Gasteiger partial charge in [0.1, 0.15) is 16.5 Å². The van der Waals surface area contributed by atoms with Crippen molar-refractivity contribution in [2.75, 3.05) is 11.1 Å². The summed E-state index contributed by atoms with van der Waals surface area (Å²) >= 11 is 1.41. The van der Waals surface area contributed by atoms with E-state index in [-0.39, 0.29) is 22.5 Å². The number of nitrogens with zero attached hydrogens (tertiary/aromatic N) is 1. The molecule has 0 aliphatic rings. The van der Waals surface area contributed by atoms with Crippen LogP contribution in [0.1, 0.15) is 63.2 Å². The molecule has 0 radical (unpaired) electrons. The van der Waals surface area contributed by atoms with Gasteiger partial charge in [0.15, 0.2) is 0 Å². The minimum Gasteiger partial charge on any atom is -0.507 e. The highest BCUT2D eigenvalue weighted by atomic mass is 32.1. The average Bonchev–Trinajstić information content (AvgIpc) is 3.12. The molecule has 0 spiro atoms. The first-order chi connectivity index (χ1) is 13.9. The van der Waals surface area contributed by atoms with Crippen LogP contribution in [0, 0.1) is 0 Å². The molecule has 0 saturated heterocycles. The summed E-state index contributed by atoms with van der Waals surface area (Å²) in [6.07, 6.45) is 0. The normalized spacial score (nSPS) is 12.1. The van der Waals surface area contributed by atoms with E-state index in [1.807, 2.05) is 77.9 Å². The van der Waals surface area contributed by atoms with E-state index in [9.17, 15) is 9.90 Å². The number of anilines is 2. The summed E-state index contributed by atoms with van der Waals surface area (Å²) in [4.78, 5) is 17.4. The number of benzene rings is 2. The number of carbonyl (C=O) groups excluding carboxylic acids is 1. The van der Waals surface area contributed by atoms with Crippen molar-refractivity contribution in [3.8, 4) is 16.3 Å². The number of carbonyl (C=O) groups is 1. The van der Waals surface area contributed by atoms with Gasteiger partial charge in [-0.05, 0) is 47.2 Å². The molecule has 2 aromatic carbocycles. The molecular formula is C24H29N3O2S. The Hall–Kier alpha value is -2.86. The molecule has 30 heavy (non-hydrogen) atoms. The highest BCUT2D eigenvalue weighted by Crippen LogP contribution is 2.41. The smallest absolute Gasteiger partial charge is 0.275 e. The Morgan fingerprint density at radius 2 is 1.53 bits per heavy atom. The van der Waals surface area contributed by atoms with Crippen LogP contribution in [0.4, 0.5) is 11.4 Å². The molecule has 1 aromatic heterocycles. The number of amides is 1.